The minimum absolute atomic E-state index is 0.0764. The van der Waals surface area contributed by atoms with Gasteiger partial charge in [0.25, 0.3) is 0 Å². The molecule has 0 atom stereocenters. The van der Waals surface area contributed by atoms with Crippen molar-refractivity contribution in [3.63, 3.8) is 0 Å². The highest BCUT2D eigenvalue weighted by atomic mass is 32.2. The molecule has 0 aliphatic heterocycles. The predicted octanol–water partition coefficient (Wildman–Crippen LogP) is 3.78. The number of nitrogens with zero attached hydrogens (tertiary/aromatic N) is 2. The van der Waals surface area contributed by atoms with Gasteiger partial charge in [0.2, 0.25) is 0 Å². The van der Waals surface area contributed by atoms with E-state index in [1.807, 2.05) is 24.3 Å². The van der Waals surface area contributed by atoms with Gasteiger partial charge in [0.1, 0.15) is 15.5 Å². The Balaban J connectivity index is 2.11. The zero-order chi connectivity index (χ0) is 21.7. The first kappa shape index (κ1) is 21.8. The summed E-state index contributed by atoms with van der Waals surface area (Å²) in [5.74, 6) is -0.0755. The van der Waals surface area contributed by atoms with Crippen molar-refractivity contribution in [2.75, 3.05) is 31.8 Å². The molecule has 2 aromatic heterocycles. The monoisotopic (exact) mass is 447 g/mol. The highest BCUT2D eigenvalue weighted by molar-refractivity contribution is 7.99. The van der Waals surface area contributed by atoms with Crippen LogP contribution in [0.25, 0.3) is 21.5 Å². The smallest absolute Gasteiger partial charge is 0.350 e. The maximum absolute atomic E-state index is 12.3. The summed E-state index contributed by atoms with van der Waals surface area (Å²) >= 11 is 2.30. The number of thiophene rings is 1. The van der Waals surface area contributed by atoms with Crippen molar-refractivity contribution in [2.45, 2.75) is 19.0 Å². The van der Waals surface area contributed by atoms with Crippen LogP contribution in [0.3, 0.4) is 0 Å². The van der Waals surface area contributed by atoms with E-state index in [9.17, 15) is 9.59 Å². The van der Waals surface area contributed by atoms with Gasteiger partial charge in [-0.1, -0.05) is 11.8 Å². The number of anilines is 1. The number of fused-ring (bicyclic) bond motifs is 1. The molecule has 2 heterocycles. The van der Waals surface area contributed by atoms with Crippen molar-refractivity contribution in [3.05, 3.63) is 29.1 Å². The van der Waals surface area contributed by atoms with Crippen LogP contribution in [-0.2, 0) is 14.3 Å². The number of hydrogen-bond donors (Lipinski definition) is 1. The number of nitrogens with two attached hydrogens (primary N) is 1. The summed E-state index contributed by atoms with van der Waals surface area (Å²) in [7, 11) is 1.59. The first-order valence-corrected chi connectivity index (χ1v) is 11.0. The average molecular weight is 448 g/mol. The zero-order valence-corrected chi connectivity index (χ0v) is 18.4. The molecule has 0 amide bonds. The number of ether oxygens (including phenoxy) is 3. The van der Waals surface area contributed by atoms with E-state index in [4.69, 9.17) is 19.9 Å². The topological polar surface area (TPSA) is 114 Å². The molecule has 0 spiro atoms. The number of aromatic nitrogens is 2. The zero-order valence-electron chi connectivity index (χ0n) is 16.8. The third kappa shape index (κ3) is 4.65. The van der Waals surface area contributed by atoms with Crippen LogP contribution in [0.15, 0.2) is 29.4 Å². The number of methoxy groups -OCH3 is 1. The second kappa shape index (κ2) is 9.77. The molecule has 0 fully saturated rings. The van der Waals surface area contributed by atoms with E-state index in [-0.39, 0.29) is 28.9 Å². The van der Waals surface area contributed by atoms with Gasteiger partial charge in [-0.05, 0) is 38.1 Å². The summed E-state index contributed by atoms with van der Waals surface area (Å²) in [4.78, 5) is 34.0. The van der Waals surface area contributed by atoms with E-state index in [0.717, 1.165) is 28.7 Å². The standard InChI is InChI=1S/C20H21N3O5S2/c1-4-27-13(24)10-29-20-22-16(11-6-8-12(26-3)9-7-11)14-15(21)17(19(25)28-5-2)30-18(14)23-20/h6-9H,4-5,10,21H2,1-3H3. The Bertz CT molecular complexity index is 1070. The number of nitrogen functional groups attached to an aromatic ring is 1. The van der Waals surface area contributed by atoms with E-state index < -0.39 is 5.97 Å². The maximum Gasteiger partial charge on any atom is 0.350 e. The van der Waals surface area contributed by atoms with Crippen LogP contribution in [0.1, 0.15) is 23.5 Å². The molecule has 0 saturated heterocycles. The molecule has 3 aromatic rings. The quantitative estimate of drug-likeness (QED) is 0.313. The van der Waals surface area contributed by atoms with Crippen LogP contribution < -0.4 is 10.5 Å². The lowest BCUT2D eigenvalue weighted by Crippen LogP contribution is -2.07. The number of hydrogen-bond acceptors (Lipinski definition) is 10. The SMILES string of the molecule is CCOC(=O)CSc1nc(-c2ccc(OC)cc2)c2c(N)c(C(=O)OCC)sc2n1. The van der Waals surface area contributed by atoms with Gasteiger partial charge < -0.3 is 19.9 Å². The molecule has 10 heteroatoms. The molecule has 0 unspecified atom stereocenters. The molecule has 0 aliphatic carbocycles. The lowest BCUT2D eigenvalue weighted by Gasteiger charge is -2.08. The molecular formula is C20H21N3O5S2. The Labute approximate surface area is 181 Å². The van der Waals surface area contributed by atoms with Crippen LogP contribution in [-0.4, -0.2) is 48.0 Å². The first-order chi connectivity index (χ1) is 14.5. The van der Waals surface area contributed by atoms with E-state index in [1.165, 1.54) is 0 Å². The Hall–Kier alpha value is -2.85. The normalized spacial score (nSPS) is 10.8. The molecule has 0 radical (unpaired) electrons. The van der Waals surface area contributed by atoms with Gasteiger partial charge in [0.05, 0.1) is 42.8 Å². The number of carbonyl (C=O) groups is 2. The van der Waals surface area contributed by atoms with Crippen molar-refractivity contribution < 1.29 is 23.8 Å². The van der Waals surface area contributed by atoms with Crippen molar-refractivity contribution in [2.24, 2.45) is 0 Å². The van der Waals surface area contributed by atoms with E-state index >= 15 is 0 Å². The molecule has 2 N–H and O–H groups in total. The molecular weight excluding hydrogens is 426 g/mol. The molecule has 8 nitrogen and oxygen atoms in total. The van der Waals surface area contributed by atoms with Gasteiger partial charge in [0, 0.05) is 5.56 Å². The summed E-state index contributed by atoms with van der Waals surface area (Å²) in [6.45, 7) is 4.03. The van der Waals surface area contributed by atoms with Gasteiger partial charge in [-0.25, -0.2) is 14.8 Å². The summed E-state index contributed by atoms with van der Waals surface area (Å²) in [5, 5.41) is 0.965. The van der Waals surface area contributed by atoms with Crippen molar-refractivity contribution in [3.8, 4) is 17.0 Å². The highest BCUT2D eigenvalue weighted by Gasteiger charge is 2.23. The lowest BCUT2D eigenvalue weighted by molar-refractivity contribution is -0.139. The predicted molar refractivity (Wildman–Crippen MR) is 117 cm³/mol. The third-order valence-electron chi connectivity index (χ3n) is 4.02. The van der Waals surface area contributed by atoms with Crippen LogP contribution in [0.4, 0.5) is 5.69 Å². The van der Waals surface area contributed by atoms with Crippen LogP contribution in [0, 0.1) is 0 Å². The van der Waals surface area contributed by atoms with Gasteiger partial charge in [0.15, 0.2) is 5.16 Å². The molecule has 1 aromatic carbocycles. The average Bonchev–Trinajstić information content (AvgIpc) is 3.09. The van der Waals surface area contributed by atoms with Crippen molar-refractivity contribution >= 4 is 50.9 Å². The Morgan fingerprint density at radius 2 is 1.80 bits per heavy atom. The number of carbonyl (C=O) groups excluding carboxylic acids is 2. The van der Waals surface area contributed by atoms with Gasteiger partial charge in [-0.2, -0.15) is 0 Å². The minimum Gasteiger partial charge on any atom is -0.497 e. The fourth-order valence-electron chi connectivity index (χ4n) is 2.70. The highest BCUT2D eigenvalue weighted by Crippen LogP contribution is 2.40. The van der Waals surface area contributed by atoms with Gasteiger partial charge in [-0.3, -0.25) is 4.79 Å². The first-order valence-electron chi connectivity index (χ1n) is 9.18. The maximum atomic E-state index is 12.3. The van der Waals surface area contributed by atoms with Crippen molar-refractivity contribution in [1.29, 1.82) is 0 Å². The van der Waals surface area contributed by atoms with Crippen molar-refractivity contribution in [1.82, 2.24) is 9.97 Å². The molecule has 3 rings (SSSR count). The van der Waals surface area contributed by atoms with E-state index in [0.29, 0.717) is 33.4 Å². The Morgan fingerprint density at radius 3 is 2.43 bits per heavy atom. The van der Waals surface area contributed by atoms with Gasteiger partial charge in [-0.15, -0.1) is 11.3 Å². The summed E-state index contributed by atoms with van der Waals surface area (Å²) in [5.41, 5.74) is 7.93. The fourth-order valence-corrected chi connectivity index (χ4v) is 4.39. The minimum atomic E-state index is -0.501. The van der Waals surface area contributed by atoms with Crippen LogP contribution >= 0.6 is 23.1 Å². The number of benzene rings is 1. The number of thioether (sulfide) groups is 1. The number of esters is 2. The Morgan fingerprint density at radius 1 is 1.10 bits per heavy atom. The summed E-state index contributed by atoms with van der Waals surface area (Å²) in [6.07, 6.45) is 0. The molecule has 0 aliphatic rings. The molecule has 158 valence electrons. The second-order valence-corrected chi connectivity index (χ2v) is 7.86. The van der Waals surface area contributed by atoms with Crippen LogP contribution in [0.5, 0.6) is 5.75 Å². The molecule has 0 saturated carbocycles. The lowest BCUT2D eigenvalue weighted by atomic mass is 10.1. The Kier molecular flexibility index (Phi) is 7.11. The summed E-state index contributed by atoms with van der Waals surface area (Å²) in [6, 6.07) is 7.32. The molecule has 0 bridgehead atoms. The largest absolute Gasteiger partial charge is 0.497 e. The fraction of sp³-hybridized carbons (Fsp3) is 0.300. The number of rotatable bonds is 8. The van der Waals surface area contributed by atoms with E-state index in [2.05, 4.69) is 9.97 Å². The third-order valence-corrected chi connectivity index (χ3v) is 5.92. The van der Waals surface area contributed by atoms with E-state index in [1.54, 1.807) is 21.0 Å². The second-order valence-electron chi connectivity index (χ2n) is 5.92. The van der Waals surface area contributed by atoms with Gasteiger partial charge >= 0.3 is 11.9 Å². The summed E-state index contributed by atoms with van der Waals surface area (Å²) < 4.78 is 15.3. The molecule has 30 heavy (non-hydrogen) atoms. The van der Waals surface area contributed by atoms with Crippen LogP contribution in [0.2, 0.25) is 0 Å².